The lowest BCUT2D eigenvalue weighted by atomic mass is 9.96. The van der Waals surface area contributed by atoms with E-state index in [2.05, 4.69) is 15.2 Å². The van der Waals surface area contributed by atoms with Crippen LogP contribution in [0.2, 0.25) is 0 Å². The van der Waals surface area contributed by atoms with Crippen LogP contribution in [0.15, 0.2) is 23.2 Å². The number of guanidine groups is 1. The minimum atomic E-state index is -0.492. The number of amides is 1. The van der Waals surface area contributed by atoms with Gasteiger partial charge in [0.2, 0.25) is 0 Å². The SMILES string of the molecule is CCN(CC1CCN(C(=NC)NCc2ccc(F)c(CO)c2)CC1)C(=O)OC(C)(C)C. The van der Waals surface area contributed by atoms with Gasteiger partial charge in [0, 0.05) is 45.3 Å². The number of likely N-dealkylation sites (tertiary alicyclic amines) is 1. The Labute approximate surface area is 185 Å². The molecule has 0 unspecified atom stereocenters. The Morgan fingerprint density at radius 2 is 2.03 bits per heavy atom. The Kier molecular flexibility index (Phi) is 9.10. The van der Waals surface area contributed by atoms with Gasteiger partial charge in [0.15, 0.2) is 5.96 Å². The summed E-state index contributed by atoms with van der Waals surface area (Å²) < 4.78 is 19.1. The molecule has 2 rings (SSSR count). The van der Waals surface area contributed by atoms with Crippen LogP contribution in [0.4, 0.5) is 9.18 Å². The molecular weight excluding hydrogens is 399 g/mol. The quantitative estimate of drug-likeness (QED) is 0.528. The summed E-state index contributed by atoms with van der Waals surface area (Å²) in [6.45, 7) is 10.8. The highest BCUT2D eigenvalue weighted by Crippen LogP contribution is 2.20. The highest BCUT2D eigenvalue weighted by Gasteiger charge is 2.27. The number of aliphatic hydroxyl groups excluding tert-OH is 1. The molecule has 2 N–H and O–H groups in total. The van der Waals surface area contributed by atoms with Crippen LogP contribution >= 0.6 is 0 Å². The van der Waals surface area contributed by atoms with Crippen LogP contribution in [0.3, 0.4) is 0 Å². The smallest absolute Gasteiger partial charge is 0.410 e. The van der Waals surface area contributed by atoms with Crippen molar-refractivity contribution in [1.29, 1.82) is 0 Å². The number of nitrogens with one attached hydrogen (secondary N) is 1. The molecule has 0 saturated carbocycles. The minimum absolute atomic E-state index is 0.253. The van der Waals surface area contributed by atoms with Crippen molar-refractivity contribution >= 4 is 12.1 Å². The number of hydrogen-bond donors (Lipinski definition) is 2. The van der Waals surface area contributed by atoms with E-state index in [9.17, 15) is 14.3 Å². The van der Waals surface area contributed by atoms with Gasteiger partial charge in [0.05, 0.1) is 6.61 Å². The van der Waals surface area contributed by atoms with Gasteiger partial charge in [-0.2, -0.15) is 0 Å². The zero-order chi connectivity index (χ0) is 23.0. The predicted octanol–water partition coefficient (Wildman–Crippen LogP) is 3.36. The zero-order valence-corrected chi connectivity index (χ0v) is 19.4. The fourth-order valence-corrected chi connectivity index (χ4v) is 3.67. The number of carbonyl (C=O) groups excluding carboxylic acids is 1. The van der Waals surface area contributed by atoms with Gasteiger partial charge < -0.3 is 25.0 Å². The van der Waals surface area contributed by atoms with Crippen molar-refractivity contribution in [3.63, 3.8) is 0 Å². The average molecular weight is 437 g/mol. The van der Waals surface area contributed by atoms with E-state index in [1.807, 2.05) is 27.7 Å². The normalized spacial score (nSPS) is 15.7. The third-order valence-electron chi connectivity index (χ3n) is 5.37. The first-order chi connectivity index (χ1) is 14.7. The van der Waals surface area contributed by atoms with Gasteiger partial charge in [-0.05, 0) is 64.2 Å². The van der Waals surface area contributed by atoms with Crippen LogP contribution in [-0.2, 0) is 17.9 Å². The van der Waals surface area contributed by atoms with Gasteiger partial charge in [-0.3, -0.25) is 4.99 Å². The maximum Gasteiger partial charge on any atom is 0.410 e. The van der Waals surface area contributed by atoms with Gasteiger partial charge in [-0.15, -0.1) is 0 Å². The molecule has 174 valence electrons. The largest absolute Gasteiger partial charge is 0.444 e. The van der Waals surface area contributed by atoms with E-state index in [-0.39, 0.29) is 12.7 Å². The fraction of sp³-hybridized carbons (Fsp3) is 0.652. The van der Waals surface area contributed by atoms with Crippen LogP contribution in [0, 0.1) is 11.7 Å². The summed E-state index contributed by atoms with van der Waals surface area (Å²) in [6, 6.07) is 4.75. The number of aliphatic imine (C=N–C) groups is 1. The van der Waals surface area contributed by atoms with E-state index in [0.29, 0.717) is 31.1 Å². The van der Waals surface area contributed by atoms with Gasteiger partial charge in [-0.25, -0.2) is 9.18 Å². The van der Waals surface area contributed by atoms with E-state index in [1.165, 1.54) is 6.07 Å². The summed E-state index contributed by atoms with van der Waals surface area (Å²) >= 11 is 0. The molecule has 0 spiro atoms. The van der Waals surface area contributed by atoms with E-state index >= 15 is 0 Å². The molecule has 0 atom stereocenters. The standard InChI is InChI=1S/C23H37FN4O3/c1-6-27(22(30)31-23(2,3)4)15-17-9-11-28(12-10-17)21(25-5)26-14-18-7-8-20(24)19(13-18)16-29/h7-8,13,17,29H,6,9-12,14-16H2,1-5H3,(H,25,26). The minimum Gasteiger partial charge on any atom is -0.444 e. The number of rotatable bonds is 6. The number of halogens is 1. The van der Waals surface area contributed by atoms with Crippen molar-refractivity contribution in [3.8, 4) is 0 Å². The number of piperidine rings is 1. The first kappa shape index (κ1) is 24.9. The fourth-order valence-electron chi connectivity index (χ4n) is 3.67. The Bertz CT molecular complexity index is 756. The highest BCUT2D eigenvalue weighted by atomic mass is 19.1. The molecule has 1 aliphatic heterocycles. The molecule has 7 nitrogen and oxygen atoms in total. The number of carbonyl (C=O) groups is 1. The second kappa shape index (κ2) is 11.3. The molecule has 0 aromatic heterocycles. The van der Waals surface area contributed by atoms with E-state index < -0.39 is 11.4 Å². The number of ether oxygens (including phenoxy) is 1. The summed E-state index contributed by atoms with van der Waals surface area (Å²) in [5, 5.41) is 12.6. The Hall–Kier alpha value is -2.35. The number of nitrogens with zero attached hydrogens (tertiary/aromatic N) is 3. The molecule has 0 radical (unpaired) electrons. The molecular formula is C23H37FN4O3. The summed E-state index contributed by atoms with van der Waals surface area (Å²) in [5.41, 5.74) is 0.687. The zero-order valence-electron chi connectivity index (χ0n) is 19.4. The first-order valence-electron chi connectivity index (χ1n) is 11.0. The second-order valence-corrected chi connectivity index (χ2v) is 8.93. The molecule has 1 aromatic carbocycles. The van der Waals surface area contributed by atoms with Crippen LogP contribution in [-0.4, -0.2) is 65.8 Å². The number of aliphatic hydroxyl groups is 1. The van der Waals surface area contributed by atoms with E-state index in [4.69, 9.17) is 4.74 Å². The molecule has 1 amide bonds. The summed E-state index contributed by atoms with van der Waals surface area (Å²) in [4.78, 5) is 20.8. The highest BCUT2D eigenvalue weighted by molar-refractivity contribution is 5.80. The maximum absolute atomic E-state index is 13.6. The molecule has 1 aromatic rings. The Balaban J connectivity index is 1.85. The molecule has 1 aliphatic rings. The van der Waals surface area contributed by atoms with Crippen molar-refractivity contribution in [1.82, 2.24) is 15.1 Å². The topological polar surface area (TPSA) is 77.4 Å². The lowest BCUT2D eigenvalue weighted by molar-refractivity contribution is 0.0214. The predicted molar refractivity (Wildman–Crippen MR) is 120 cm³/mol. The molecule has 1 saturated heterocycles. The molecule has 0 bridgehead atoms. The summed E-state index contributed by atoms with van der Waals surface area (Å²) in [7, 11) is 1.75. The maximum atomic E-state index is 13.6. The van der Waals surface area contributed by atoms with Crippen LogP contribution < -0.4 is 5.32 Å². The lowest BCUT2D eigenvalue weighted by Gasteiger charge is -2.36. The van der Waals surface area contributed by atoms with Crippen LogP contribution in [0.5, 0.6) is 0 Å². The van der Waals surface area contributed by atoms with Crippen molar-refractivity contribution in [3.05, 3.63) is 35.1 Å². The summed E-state index contributed by atoms with van der Waals surface area (Å²) in [5.74, 6) is 0.823. The van der Waals surface area contributed by atoms with Crippen LogP contribution in [0.25, 0.3) is 0 Å². The van der Waals surface area contributed by atoms with E-state index in [1.54, 1.807) is 24.1 Å². The third kappa shape index (κ3) is 7.69. The molecule has 1 fully saturated rings. The lowest BCUT2D eigenvalue weighted by Crippen LogP contribution is -2.47. The van der Waals surface area contributed by atoms with Crippen LogP contribution in [0.1, 0.15) is 51.7 Å². The molecule has 1 heterocycles. The van der Waals surface area contributed by atoms with Gasteiger partial charge in [0.1, 0.15) is 11.4 Å². The van der Waals surface area contributed by atoms with Crippen molar-refractivity contribution < 1.29 is 19.0 Å². The van der Waals surface area contributed by atoms with Crippen molar-refractivity contribution in [2.75, 3.05) is 33.2 Å². The van der Waals surface area contributed by atoms with Crippen molar-refractivity contribution in [2.45, 2.75) is 59.3 Å². The van der Waals surface area contributed by atoms with E-state index in [0.717, 1.165) is 37.5 Å². The monoisotopic (exact) mass is 436 g/mol. The van der Waals surface area contributed by atoms with Gasteiger partial charge in [0.25, 0.3) is 0 Å². The molecule has 31 heavy (non-hydrogen) atoms. The van der Waals surface area contributed by atoms with Crippen molar-refractivity contribution in [2.24, 2.45) is 10.9 Å². The number of hydrogen-bond acceptors (Lipinski definition) is 4. The average Bonchev–Trinajstić information content (AvgIpc) is 2.73. The number of benzene rings is 1. The third-order valence-corrected chi connectivity index (χ3v) is 5.37. The van der Waals surface area contributed by atoms with Gasteiger partial charge in [-0.1, -0.05) is 6.07 Å². The van der Waals surface area contributed by atoms with Gasteiger partial charge >= 0.3 is 6.09 Å². The second-order valence-electron chi connectivity index (χ2n) is 8.93. The Morgan fingerprint density at radius 3 is 2.58 bits per heavy atom. The summed E-state index contributed by atoms with van der Waals surface area (Å²) in [6.07, 6.45) is 1.67. The first-order valence-corrected chi connectivity index (χ1v) is 11.0. The molecule has 0 aliphatic carbocycles. The Morgan fingerprint density at radius 1 is 1.35 bits per heavy atom. The molecule has 8 heteroatoms.